The third-order valence-corrected chi connectivity index (χ3v) is 11.2. The molecule has 1 saturated heterocycles. The van der Waals surface area contributed by atoms with Crippen LogP contribution in [0.2, 0.25) is 0 Å². The standard InChI is InChI=1S/C41H64N6O8/c1-11-17-42-37(52)34(50)29(18-24-13-14-24)44-36(51)30-19-26(23(3)4)22-47(30)38(53)35(41(8,9)10)46-39(54)45-32(40(5,6)7)20-25-15-16-31(48)27(12-2)28(21-43-55)33(25)49/h11,21,23-26,29-30,32,35,55H,1,12-20,22H2,2-10H3,(H,42,52)(H,44,51)(H2,45,46,54)/b43-21+/t25?,26-,29?,30+,32-,35-/m1/s1. The Hall–Kier alpha value is -4.36. The van der Waals surface area contributed by atoms with Crippen LogP contribution in [0.1, 0.15) is 114 Å². The number of Topliss-reactive ketones (excluding diaryl/α,β-unsaturated/α-hetero) is 3. The lowest BCUT2D eigenvalue weighted by Crippen LogP contribution is -2.61. The summed E-state index contributed by atoms with van der Waals surface area (Å²) in [6.45, 7) is 21.0. The summed E-state index contributed by atoms with van der Waals surface area (Å²) in [6.07, 6.45) is 5.90. The van der Waals surface area contributed by atoms with Gasteiger partial charge in [-0.25, -0.2) is 4.79 Å². The fourth-order valence-corrected chi connectivity index (χ4v) is 7.42. The smallest absolute Gasteiger partial charge is 0.315 e. The van der Waals surface area contributed by atoms with Gasteiger partial charge in [0, 0.05) is 42.6 Å². The number of carbonyl (C=O) groups is 7. The predicted octanol–water partition coefficient (Wildman–Crippen LogP) is 4.25. The maximum absolute atomic E-state index is 14.6. The van der Waals surface area contributed by atoms with Gasteiger partial charge in [-0.1, -0.05) is 86.4 Å². The van der Waals surface area contributed by atoms with E-state index in [1.807, 2.05) is 55.4 Å². The number of oxime groups is 1. The van der Waals surface area contributed by atoms with Crippen molar-refractivity contribution in [3.05, 3.63) is 23.8 Å². The molecule has 6 atom stereocenters. The maximum atomic E-state index is 14.6. The minimum atomic E-state index is -1.07. The number of rotatable bonds is 16. The van der Waals surface area contributed by atoms with Crippen molar-refractivity contribution in [2.24, 2.45) is 39.7 Å². The molecule has 5 amide bonds. The van der Waals surface area contributed by atoms with E-state index in [1.165, 1.54) is 11.0 Å². The molecule has 1 saturated carbocycles. The van der Waals surface area contributed by atoms with Crippen molar-refractivity contribution in [1.29, 1.82) is 0 Å². The van der Waals surface area contributed by atoms with Gasteiger partial charge in [-0.2, -0.15) is 0 Å². The second-order valence-electron chi connectivity index (χ2n) is 17.9. The number of allylic oxidation sites excluding steroid dienone is 2. The van der Waals surface area contributed by atoms with Crippen molar-refractivity contribution in [3.63, 3.8) is 0 Å². The Kier molecular flexibility index (Phi) is 15.5. The highest BCUT2D eigenvalue weighted by molar-refractivity contribution is 6.38. The van der Waals surface area contributed by atoms with Crippen LogP contribution in [0, 0.1) is 34.5 Å². The first kappa shape index (κ1) is 45.0. The summed E-state index contributed by atoms with van der Waals surface area (Å²) in [4.78, 5) is 96.3. The van der Waals surface area contributed by atoms with Crippen LogP contribution in [-0.4, -0.2) is 94.7 Å². The summed E-state index contributed by atoms with van der Waals surface area (Å²) in [5, 5.41) is 23.5. The summed E-state index contributed by atoms with van der Waals surface area (Å²) in [7, 11) is 0. The monoisotopic (exact) mass is 768 g/mol. The van der Waals surface area contributed by atoms with Crippen molar-refractivity contribution >= 4 is 47.3 Å². The minimum Gasteiger partial charge on any atom is -0.411 e. The highest BCUT2D eigenvalue weighted by Crippen LogP contribution is 2.36. The molecule has 3 rings (SSSR count). The van der Waals surface area contributed by atoms with Crippen molar-refractivity contribution in [3.8, 4) is 0 Å². The summed E-state index contributed by atoms with van der Waals surface area (Å²) >= 11 is 0. The first-order valence-electron chi connectivity index (χ1n) is 19.7. The van der Waals surface area contributed by atoms with Gasteiger partial charge in [0.2, 0.25) is 17.6 Å². The summed E-state index contributed by atoms with van der Waals surface area (Å²) in [5.74, 6) is -3.32. The Bertz CT molecular complexity index is 1550. The fourth-order valence-electron chi connectivity index (χ4n) is 7.42. The summed E-state index contributed by atoms with van der Waals surface area (Å²) < 4.78 is 0. The number of nitrogens with zero attached hydrogens (tertiary/aromatic N) is 2. The second kappa shape index (κ2) is 19.0. The van der Waals surface area contributed by atoms with Crippen LogP contribution in [0.5, 0.6) is 0 Å². The molecule has 2 fully saturated rings. The molecule has 306 valence electrons. The van der Waals surface area contributed by atoms with Crippen molar-refractivity contribution in [2.45, 2.75) is 138 Å². The molecule has 1 aliphatic heterocycles. The van der Waals surface area contributed by atoms with Crippen LogP contribution >= 0.6 is 0 Å². The molecule has 3 aliphatic rings. The minimum absolute atomic E-state index is 0.0278. The topological polar surface area (TPSA) is 203 Å². The molecule has 0 aromatic carbocycles. The van der Waals surface area contributed by atoms with E-state index in [0.29, 0.717) is 24.8 Å². The van der Waals surface area contributed by atoms with Crippen molar-refractivity contribution in [2.75, 3.05) is 13.1 Å². The first-order valence-corrected chi connectivity index (χ1v) is 19.7. The van der Waals surface area contributed by atoms with Gasteiger partial charge in [-0.15, -0.1) is 6.58 Å². The largest absolute Gasteiger partial charge is 0.411 e. The Morgan fingerprint density at radius 1 is 0.964 bits per heavy atom. The van der Waals surface area contributed by atoms with E-state index < -0.39 is 70.5 Å². The van der Waals surface area contributed by atoms with Crippen LogP contribution in [0.15, 0.2) is 29.0 Å². The lowest BCUT2D eigenvalue weighted by atomic mass is 9.78. The quantitative estimate of drug-likeness (QED) is 0.0504. The van der Waals surface area contributed by atoms with Gasteiger partial charge in [0.25, 0.3) is 5.91 Å². The molecular formula is C41H64N6O8. The average molecular weight is 769 g/mol. The number of urea groups is 1. The molecule has 0 bridgehead atoms. The average Bonchev–Trinajstić information content (AvgIpc) is 3.82. The molecule has 2 unspecified atom stereocenters. The maximum Gasteiger partial charge on any atom is 0.315 e. The van der Waals surface area contributed by atoms with E-state index in [1.54, 1.807) is 6.92 Å². The van der Waals surface area contributed by atoms with Gasteiger partial charge in [0.15, 0.2) is 11.6 Å². The van der Waals surface area contributed by atoms with Gasteiger partial charge >= 0.3 is 6.03 Å². The zero-order valence-electron chi connectivity index (χ0n) is 34.3. The molecule has 55 heavy (non-hydrogen) atoms. The van der Waals surface area contributed by atoms with Crippen molar-refractivity contribution < 1.29 is 38.8 Å². The molecule has 0 radical (unpaired) electrons. The second-order valence-corrected chi connectivity index (χ2v) is 17.9. The lowest BCUT2D eigenvalue weighted by Gasteiger charge is -2.38. The van der Waals surface area contributed by atoms with E-state index in [9.17, 15) is 38.8 Å². The molecule has 0 aromatic heterocycles. The van der Waals surface area contributed by atoms with E-state index >= 15 is 0 Å². The number of nitrogens with one attached hydrogen (secondary N) is 4. The molecule has 14 heteroatoms. The Balaban J connectivity index is 1.85. The van der Waals surface area contributed by atoms with Crippen LogP contribution in [0.4, 0.5) is 4.79 Å². The van der Waals surface area contributed by atoms with Crippen LogP contribution < -0.4 is 21.3 Å². The number of amides is 5. The molecule has 0 aromatic rings. The number of carbonyl (C=O) groups excluding carboxylic acids is 7. The predicted molar refractivity (Wildman–Crippen MR) is 209 cm³/mol. The molecular weight excluding hydrogens is 704 g/mol. The molecule has 5 N–H and O–H groups in total. The van der Waals surface area contributed by atoms with Crippen molar-refractivity contribution in [1.82, 2.24) is 26.2 Å². The lowest BCUT2D eigenvalue weighted by molar-refractivity contribution is -0.143. The number of ketones is 3. The Labute approximate surface area is 326 Å². The molecule has 0 spiro atoms. The van der Waals surface area contributed by atoms with E-state index in [-0.39, 0.29) is 67.2 Å². The third kappa shape index (κ3) is 12.1. The summed E-state index contributed by atoms with van der Waals surface area (Å²) in [6, 6.07) is -4.23. The van der Waals surface area contributed by atoms with Crippen LogP contribution in [0.25, 0.3) is 0 Å². The normalized spacial score (nSPS) is 22.6. The first-order chi connectivity index (χ1) is 25.6. The zero-order valence-corrected chi connectivity index (χ0v) is 34.3. The van der Waals surface area contributed by atoms with Gasteiger partial charge in [-0.3, -0.25) is 28.8 Å². The molecule has 14 nitrogen and oxygen atoms in total. The SMILES string of the molecule is C=CCNC(=O)C(=O)C(CC1CC1)NC(=O)[C@@H]1C[C@@H](C(C)C)CN1C(=O)[C@@H](NC(=O)N[C@H](CC1CCC(=O)C(CC)=C(/C=N/O)C1=O)C(C)(C)C)C(C)(C)C. The van der Waals surface area contributed by atoms with E-state index in [4.69, 9.17) is 0 Å². The highest BCUT2D eigenvalue weighted by Gasteiger charge is 2.47. The highest BCUT2D eigenvalue weighted by atomic mass is 16.4. The van der Waals surface area contributed by atoms with Crippen LogP contribution in [0.3, 0.4) is 0 Å². The number of likely N-dealkylation sites (tertiary alicyclic amines) is 1. The van der Waals surface area contributed by atoms with Gasteiger partial charge in [0.1, 0.15) is 12.1 Å². The fraction of sp³-hybridized carbons (Fsp3) is 0.707. The Morgan fingerprint density at radius 2 is 1.62 bits per heavy atom. The van der Waals surface area contributed by atoms with Crippen LogP contribution in [-0.2, 0) is 28.8 Å². The summed E-state index contributed by atoms with van der Waals surface area (Å²) in [5.41, 5.74) is -0.941. The zero-order chi connectivity index (χ0) is 41.4. The number of hydrogen-bond donors (Lipinski definition) is 5. The van der Waals surface area contributed by atoms with E-state index in [0.717, 1.165) is 19.1 Å². The number of hydrogen-bond acceptors (Lipinski definition) is 9. The van der Waals surface area contributed by atoms with Gasteiger partial charge < -0.3 is 31.4 Å². The molecule has 1 heterocycles. The molecule has 2 aliphatic carbocycles. The third-order valence-electron chi connectivity index (χ3n) is 11.2. The Morgan fingerprint density at radius 3 is 2.15 bits per heavy atom. The van der Waals surface area contributed by atoms with E-state index in [2.05, 4.69) is 33.0 Å². The van der Waals surface area contributed by atoms with Gasteiger partial charge in [-0.05, 0) is 60.7 Å². The van der Waals surface area contributed by atoms with Gasteiger partial charge in [0.05, 0.1) is 12.3 Å².